The van der Waals surface area contributed by atoms with E-state index in [1.807, 2.05) is 68.4 Å². The van der Waals surface area contributed by atoms with Gasteiger partial charge >= 0.3 is 5.97 Å². The highest BCUT2D eigenvalue weighted by Crippen LogP contribution is 2.61. The highest BCUT2D eigenvalue weighted by atomic mass is 16.5. The molecular formula is C38H32N2O5. The molecule has 0 aromatic heterocycles. The third-order valence-corrected chi connectivity index (χ3v) is 10.3. The fourth-order valence-corrected chi connectivity index (χ4v) is 8.23. The number of benzene rings is 4. The molecule has 2 heterocycles. The molecule has 3 amide bonds. The molecule has 2 fully saturated rings. The first-order chi connectivity index (χ1) is 21.8. The lowest BCUT2D eigenvalue weighted by atomic mass is 9.55. The quantitative estimate of drug-likeness (QED) is 0.163. The molecule has 5 aliphatic rings. The van der Waals surface area contributed by atoms with Gasteiger partial charge in [0.25, 0.3) is 0 Å². The van der Waals surface area contributed by atoms with Gasteiger partial charge in [-0.3, -0.25) is 19.2 Å². The summed E-state index contributed by atoms with van der Waals surface area (Å²) in [6, 6.07) is 31.0. The predicted octanol–water partition coefficient (Wildman–Crippen LogP) is 5.91. The van der Waals surface area contributed by atoms with Gasteiger partial charge in [0.05, 0.1) is 29.5 Å². The molecular weight excluding hydrogens is 564 g/mol. The van der Waals surface area contributed by atoms with Crippen molar-refractivity contribution < 1.29 is 23.9 Å². The van der Waals surface area contributed by atoms with E-state index in [4.69, 9.17) is 4.74 Å². The summed E-state index contributed by atoms with van der Waals surface area (Å²) in [6.07, 6.45) is 0.0970. The molecule has 4 aromatic rings. The summed E-state index contributed by atoms with van der Waals surface area (Å²) >= 11 is 0. The molecule has 7 heteroatoms. The summed E-state index contributed by atoms with van der Waals surface area (Å²) in [5.74, 6) is -2.46. The number of esters is 1. The maximum absolute atomic E-state index is 14.2. The van der Waals surface area contributed by atoms with E-state index in [9.17, 15) is 19.2 Å². The minimum absolute atomic E-state index is 0.0781. The smallest absolute Gasteiger partial charge is 0.316 e. The van der Waals surface area contributed by atoms with Crippen LogP contribution in [0.3, 0.4) is 0 Å². The van der Waals surface area contributed by atoms with E-state index < -0.39 is 23.7 Å². The number of carbonyl (C=O) groups excluding carboxylic acids is 4. The van der Waals surface area contributed by atoms with E-state index in [0.717, 1.165) is 27.8 Å². The monoisotopic (exact) mass is 596 g/mol. The molecule has 2 saturated heterocycles. The zero-order chi connectivity index (χ0) is 31.0. The number of nitrogens with zero attached hydrogens (tertiary/aromatic N) is 2. The van der Waals surface area contributed by atoms with Crippen LogP contribution in [0.2, 0.25) is 0 Å². The predicted molar refractivity (Wildman–Crippen MR) is 168 cm³/mol. The number of carbonyl (C=O) groups is 4. The van der Waals surface area contributed by atoms with E-state index in [0.29, 0.717) is 17.0 Å². The molecule has 0 radical (unpaired) electrons. The van der Waals surface area contributed by atoms with E-state index in [1.54, 1.807) is 23.1 Å². The first-order valence-corrected chi connectivity index (χ1v) is 15.6. The second-order valence-electron chi connectivity index (χ2n) is 12.7. The molecule has 4 atom stereocenters. The van der Waals surface area contributed by atoms with Crippen molar-refractivity contribution in [1.82, 2.24) is 4.90 Å². The second kappa shape index (κ2) is 10.3. The minimum atomic E-state index is -0.577. The number of aryl methyl sites for hydroxylation is 1. The van der Waals surface area contributed by atoms with Gasteiger partial charge in [-0.25, -0.2) is 4.90 Å². The summed E-state index contributed by atoms with van der Waals surface area (Å²) in [7, 11) is 0. The van der Waals surface area contributed by atoms with Gasteiger partial charge in [-0.05, 0) is 65.4 Å². The average molecular weight is 597 g/mol. The van der Waals surface area contributed by atoms with Crippen molar-refractivity contribution in [2.75, 3.05) is 11.4 Å². The maximum Gasteiger partial charge on any atom is 0.316 e. The Balaban J connectivity index is 1.03. The Morgan fingerprint density at radius 2 is 1.29 bits per heavy atom. The molecule has 0 N–H and O–H groups in total. The number of anilines is 1. The first kappa shape index (κ1) is 27.5. The van der Waals surface area contributed by atoms with Crippen LogP contribution in [0.25, 0.3) is 0 Å². The fourth-order valence-electron chi connectivity index (χ4n) is 8.23. The Hall–Kier alpha value is -5.04. The largest absolute Gasteiger partial charge is 0.426 e. The van der Waals surface area contributed by atoms with E-state index in [-0.39, 0.29) is 48.6 Å². The van der Waals surface area contributed by atoms with Crippen LogP contribution in [0.4, 0.5) is 5.69 Å². The number of imide groups is 1. The van der Waals surface area contributed by atoms with E-state index >= 15 is 0 Å². The van der Waals surface area contributed by atoms with Gasteiger partial charge in [-0.15, -0.1) is 0 Å². The van der Waals surface area contributed by atoms with Crippen LogP contribution in [-0.4, -0.2) is 35.1 Å². The average Bonchev–Trinajstić information content (AvgIpc) is 3.58. The van der Waals surface area contributed by atoms with Gasteiger partial charge in [0, 0.05) is 24.8 Å². The summed E-state index contributed by atoms with van der Waals surface area (Å²) in [5, 5.41) is 0. The molecule has 4 aromatic carbocycles. The molecule has 7 nitrogen and oxygen atoms in total. The number of amides is 3. The Bertz CT molecular complexity index is 1790. The number of likely N-dealkylation sites (tertiary alicyclic amines) is 1. The number of ether oxygens (including phenoxy) is 1. The number of hydrogen-bond acceptors (Lipinski definition) is 5. The van der Waals surface area contributed by atoms with Gasteiger partial charge in [0.2, 0.25) is 17.7 Å². The zero-order valence-corrected chi connectivity index (χ0v) is 25.1. The van der Waals surface area contributed by atoms with Crippen molar-refractivity contribution in [2.24, 2.45) is 17.8 Å². The molecule has 224 valence electrons. The third kappa shape index (κ3) is 4.10. The standard InChI is InChI=1S/C38H32N2O5/c1-21-18-25(45-38(44)24-19-31(41)39(20-24)22(2)23-10-4-3-5-11-23)16-17-30(21)40-36(42)34-32-26-12-6-7-13-27(26)33(35(34)37(40)43)29-15-9-8-14-28(29)32/h3-18,22,24,32-35H,19-20H2,1-2H3/t22-,24-,32?,33?,34-,35+/m1/s1. The molecule has 45 heavy (non-hydrogen) atoms. The van der Waals surface area contributed by atoms with E-state index in [1.165, 1.54) is 4.90 Å². The topological polar surface area (TPSA) is 84.0 Å². The first-order valence-electron chi connectivity index (χ1n) is 15.6. The molecule has 0 saturated carbocycles. The fraction of sp³-hybridized carbons (Fsp3) is 0.263. The summed E-state index contributed by atoms with van der Waals surface area (Å²) in [4.78, 5) is 57.4. The van der Waals surface area contributed by atoms with Crippen LogP contribution >= 0.6 is 0 Å². The number of hydrogen-bond donors (Lipinski definition) is 0. The third-order valence-electron chi connectivity index (χ3n) is 10.3. The SMILES string of the molecule is Cc1cc(OC(=O)[C@@H]2CC(=O)N([C@H](C)c3ccccc3)C2)ccc1N1C(=O)[C@@H]2C3c4ccccc4C(c4ccccc43)[C@@H]2C1=O. The van der Waals surface area contributed by atoms with Gasteiger partial charge < -0.3 is 9.64 Å². The van der Waals surface area contributed by atoms with E-state index in [2.05, 4.69) is 24.3 Å². The Morgan fingerprint density at radius 1 is 0.756 bits per heavy atom. The summed E-state index contributed by atoms with van der Waals surface area (Å²) in [6.45, 7) is 4.07. The Morgan fingerprint density at radius 3 is 1.82 bits per heavy atom. The van der Waals surface area contributed by atoms with Gasteiger partial charge in [-0.1, -0.05) is 78.9 Å². The van der Waals surface area contributed by atoms with Crippen LogP contribution in [0.1, 0.15) is 64.6 Å². The highest BCUT2D eigenvalue weighted by Gasteiger charge is 2.61. The summed E-state index contributed by atoms with van der Waals surface area (Å²) in [5.41, 5.74) is 6.70. The van der Waals surface area contributed by atoms with Gasteiger partial charge in [0.1, 0.15) is 5.75 Å². The van der Waals surface area contributed by atoms with Gasteiger partial charge in [0.15, 0.2) is 0 Å². The lowest BCUT2D eigenvalue weighted by Gasteiger charge is -2.45. The van der Waals surface area contributed by atoms with Crippen molar-refractivity contribution in [3.63, 3.8) is 0 Å². The van der Waals surface area contributed by atoms with Crippen LogP contribution < -0.4 is 9.64 Å². The second-order valence-corrected chi connectivity index (χ2v) is 12.7. The molecule has 9 rings (SSSR count). The highest BCUT2D eigenvalue weighted by molar-refractivity contribution is 6.23. The van der Waals surface area contributed by atoms with Crippen molar-refractivity contribution in [1.29, 1.82) is 0 Å². The molecule has 3 aliphatic carbocycles. The normalized spacial score (nSPS) is 25.2. The van der Waals surface area contributed by atoms with Crippen LogP contribution in [0.15, 0.2) is 97.1 Å². The van der Waals surface area contributed by atoms with Crippen molar-refractivity contribution in [2.45, 2.75) is 38.1 Å². The summed E-state index contributed by atoms with van der Waals surface area (Å²) < 4.78 is 5.75. The Labute approximate surface area is 261 Å². The maximum atomic E-state index is 14.2. The Kier molecular flexibility index (Phi) is 6.27. The van der Waals surface area contributed by atoms with Crippen molar-refractivity contribution in [3.05, 3.63) is 130 Å². The van der Waals surface area contributed by atoms with Crippen molar-refractivity contribution >= 4 is 29.4 Å². The minimum Gasteiger partial charge on any atom is -0.426 e. The van der Waals surface area contributed by atoms with Crippen LogP contribution in [-0.2, 0) is 19.2 Å². The molecule has 2 aliphatic heterocycles. The molecule has 2 bridgehead atoms. The lowest BCUT2D eigenvalue weighted by molar-refractivity contribution is -0.139. The van der Waals surface area contributed by atoms with Crippen molar-refractivity contribution in [3.8, 4) is 5.75 Å². The lowest BCUT2D eigenvalue weighted by Crippen LogP contribution is -2.41. The van der Waals surface area contributed by atoms with Crippen LogP contribution in [0, 0.1) is 24.7 Å². The number of rotatable bonds is 5. The van der Waals surface area contributed by atoms with Gasteiger partial charge in [-0.2, -0.15) is 0 Å². The zero-order valence-electron chi connectivity index (χ0n) is 25.1. The van der Waals surface area contributed by atoms with Crippen LogP contribution in [0.5, 0.6) is 5.75 Å². The molecule has 0 unspecified atom stereocenters. The molecule has 0 spiro atoms.